The third kappa shape index (κ3) is 3.14. The topological polar surface area (TPSA) is 32.7 Å². The number of hydrogen-bond acceptors (Lipinski definition) is 3. The third-order valence-corrected chi connectivity index (χ3v) is 2.79. The van der Waals surface area contributed by atoms with Gasteiger partial charge in [0.1, 0.15) is 0 Å². The van der Waals surface area contributed by atoms with Crippen molar-refractivity contribution >= 4 is 17.5 Å². The number of hydrogen-bond donors (Lipinski definition) is 0. The lowest BCUT2D eigenvalue weighted by molar-refractivity contribution is 0.565. The lowest BCUT2D eigenvalue weighted by Gasteiger charge is -2.13. The van der Waals surface area contributed by atoms with Crippen LogP contribution in [0.1, 0.15) is 11.1 Å². The van der Waals surface area contributed by atoms with Crippen LogP contribution in [0.5, 0.6) is 0 Å². The van der Waals surface area contributed by atoms with Crippen LogP contribution in [0.4, 0.5) is 11.4 Å². The number of nitrogens with zero attached hydrogens (tertiary/aromatic N) is 2. The highest BCUT2D eigenvalue weighted by Gasteiger charge is 2.01. The average molecular weight is 262 g/mol. The molecule has 2 rings (SSSR count). The first-order valence-corrected chi connectivity index (χ1v) is 6.17. The molecule has 0 N–H and O–H groups in total. The Bertz CT molecular complexity index is 717. The van der Waals surface area contributed by atoms with Crippen LogP contribution < -0.4 is 4.90 Å². The van der Waals surface area contributed by atoms with Crippen LogP contribution in [0.2, 0.25) is 0 Å². The van der Waals surface area contributed by atoms with Gasteiger partial charge in [-0.25, -0.2) is 4.79 Å². The number of carbonyl (C=O) groups excluding carboxylic acids is 1. The maximum Gasteiger partial charge on any atom is 0.240 e. The summed E-state index contributed by atoms with van der Waals surface area (Å²) in [6.45, 7) is 0. The molecule has 0 radical (unpaired) electrons. The number of anilines is 1. The largest absolute Gasteiger partial charge is 0.377 e. The van der Waals surface area contributed by atoms with E-state index in [4.69, 9.17) is 0 Å². The molecule has 0 aliphatic rings. The molecule has 3 heteroatoms. The monoisotopic (exact) mass is 262 g/mol. The molecule has 2 aromatic carbocycles. The first-order valence-electron chi connectivity index (χ1n) is 6.17. The van der Waals surface area contributed by atoms with Crippen LogP contribution in [0.3, 0.4) is 0 Å². The van der Waals surface area contributed by atoms with Gasteiger partial charge in [-0.05, 0) is 24.3 Å². The SMILES string of the molecule is CN(C)c1ccccc1C#Cc1ccccc1N=C=O. The van der Waals surface area contributed by atoms with Crippen molar-refractivity contribution in [3.63, 3.8) is 0 Å². The van der Waals surface area contributed by atoms with E-state index < -0.39 is 0 Å². The molecule has 0 bridgehead atoms. The average Bonchev–Trinajstić information content (AvgIpc) is 2.47. The standard InChI is InChI=1S/C17H14N2O/c1-19(2)17-10-6-4-8-15(17)12-11-14-7-3-5-9-16(14)18-13-20/h3-10H,1-2H3. The van der Waals surface area contributed by atoms with Gasteiger partial charge in [0.15, 0.2) is 0 Å². The second-order valence-corrected chi connectivity index (χ2v) is 4.38. The Morgan fingerprint density at radius 2 is 1.50 bits per heavy atom. The van der Waals surface area contributed by atoms with Gasteiger partial charge in [0.25, 0.3) is 0 Å². The van der Waals surface area contributed by atoms with Gasteiger partial charge < -0.3 is 4.90 Å². The van der Waals surface area contributed by atoms with Gasteiger partial charge in [-0.3, -0.25) is 0 Å². The zero-order chi connectivity index (χ0) is 14.4. The van der Waals surface area contributed by atoms with E-state index in [2.05, 4.69) is 16.8 Å². The Kier molecular flexibility index (Phi) is 4.34. The van der Waals surface area contributed by atoms with E-state index in [9.17, 15) is 4.79 Å². The van der Waals surface area contributed by atoms with Gasteiger partial charge in [-0.1, -0.05) is 36.1 Å². The molecule has 0 atom stereocenters. The minimum atomic E-state index is 0.539. The lowest BCUT2D eigenvalue weighted by Crippen LogP contribution is -2.09. The van der Waals surface area contributed by atoms with Gasteiger partial charge in [0.2, 0.25) is 6.08 Å². The molecule has 98 valence electrons. The first kappa shape index (κ1) is 13.6. The Morgan fingerprint density at radius 1 is 0.900 bits per heavy atom. The molecule has 0 fully saturated rings. The highest BCUT2D eigenvalue weighted by Crippen LogP contribution is 2.19. The van der Waals surface area contributed by atoms with Crippen LogP contribution in [-0.2, 0) is 4.79 Å². The Balaban J connectivity index is 2.44. The molecule has 20 heavy (non-hydrogen) atoms. The Hall–Kier alpha value is -2.82. The molecule has 0 amide bonds. The molecular formula is C17H14N2O. The number of isocyanates is 1. The summed E-state index contributed by atoms with van der Waals surface area (Å²) in [5, 5.41) is 0. The molecule has 2 aromatic rings. The van der Waals surface area contributed by atoms with Crippen LogP contribution in [0.25, 0.3) is 0 Å². The zero-order valence-corrected chi connectivity index (χ0v) is 11.4. The third-order valence-electron chi connectivity index (χ3n) is 2.79. The zero-order valence-electron chi connectivity index (χ0n) is 11.4. The van der Waals surface area contributed by atoms with Gasteiger partial charge >= 0.3 is 0 Å². The van der Waals surface area contributed by atoms with Crippen molar-refractivity contribution in [2.75, 3.05) is 19.0 Å². The molecule has 0 aliphatic carbocycles. The van der Waals surface area contributed by atoms with Crippen molar-refractivity contribution < 1.29 is 4.79 Å². The summed E-state index contributed by atoms with van der Waals surface area (Å²) in [6.07, 6.45) is 1.55. The van der Waals surface area contributed by atoms with E-state index in [1.54, 1.807) is 12.1 Å². The molecule has 0 saturated heterocycles. The predicted molar refractivity (Wildman–Crippen MR) is 81.0 cm³/mol. The van der Waals surface area contributed by atoms with Crippen molar-refractivity contribution in [2.45, 2.75) is 0 Å². The normalized spacial score (nSPS) is 9.10. The molecule has 0 heterocycles. The molecule has 0 saturated carbocycles. The van der Waals surface area contributed by atoms with E-state index in [1.165, 1.54) is 0 Å². The molecule has 0 aromatic heterocycles. The minimum absolute atomic E-state index is 0.539. The highest BCUT2D eigenvalue weighted by molar-refractivity contribution is 5.64. The van der Waals surface area contributed by atoms with E-state index >= 15 is 0 Å². The Morgan fingerprint density at radius 3 is 2.20 bits per heavy atom. The molecule has 0 spiro atoms. The second kappa shape index (κ2) is 6.38. The fourth-order valence-corrected chi connectivity index (χ4v) is 1.83. The van der Waals surface area contributed by atoms with Crippen molar-refractivity contribution in [1.29, 1.82) is 0 Å². The first-order chi connectivity index (χ1) is 9.72. The molecule has 3 nitrogen and oxygen atoms in total. The second-order valence-electron chi connectivity index (χ2n) is 4.38. The van der Waals surface area contributed by atoms with Gasteiger partial charge in [-0.15, -0.1) is 0 Å². The van der Waals surface area contributed by atoms with Gasteiger partial charge in [-0.2, -0.15) is 4.99 Å². The number of benzene rings is 2. The fourth-order valence-electron chi connectivity index (χ4n) is 1.83. The van der Waals surface area contributed by atoms with Gasteiger partial charge in [0, 0.05) is 19.7 Å². The van der Waals surface area contributed by atoms with E-state index in [-0.39, 0.29) is 0 Å². The maximum atomic E-state index is 10.4. The molecule has 0 aliphatic heterocycles. The highest BCUT2D eigenvalue weighted by atomic mass is 16.1. The summed E-state index contributed by atoms with van der Waals surface area (Å²) in [4.78, 5) is 16.1. The molecular weight excluding hydrogens is 248 g/mol. The molecule has 0 unspecified atom stereocenters. The summed E-state index contributed by atoms with van der Waals surface area (Å²) in [6, 6.07) is 15.2. The summed E-state index contributed by atoms with van der Waals surface area (Å²) < 4.78 is 0. The van der Waals surface area contributed by atoms with E-state index in [1.807, 2.05) is 61.5 Å². The Labute approximate surface area is 118 Å². The summed E-state index contributed by atoms with van der Waals surface area (Å²) >= 11 is 0. The van der Waals surface area contributed by atoms with Crippen LogP contribution in [0, 0.1) is 11.8 Å². The van der Waals surface area contributed by atoms with Crippen molar-refractivity contribution in [1.82, 2.24) is 0 Å². The smallest absolute Gasteiger partial charge is 0.240 e. The maximum absolute atomic E-state index is 10.4. The van der Waals surface area contributed by atoms with Crippen LogP contribution in [-0.4, -0.2) is 20.2 Å². The number of aliphatic imine (C=N–C) groups is 1. The fraction of sp³-hybridized carbons (Fsp3) is 0.118. The van der Waals surface area contributed by atoms with E-state index in [0.29, 0.717) is 11.3 Å². The predicted octanol–water partition coefficient (Wildman–Crippen LogP) is 3.12. The number of rotatable bonds is 2. The minimum Gasteiger partial charge on any atom is -0.377 e. The summed E-state index contributed by atoms with van der Waals surface area (Å²) in [5.74, 6) is 6.19. The number of para-hydroxylation sites is 2. The quantitative estimate of drug-likeness (QED) is 0.473. The summed E-state index contributed by atoms with van der Waals surface area (Å²) in [5.41, 5.74) is 3.24. The summed E-state index contributed by atoms with van der Waals surface area (Å²) in [7, 11) is 3.95. The van der Waals surface area contributed by atoms with Crippen LogP contribution in [0.15, 0.2) is 53.5 Å². The van der Waals surface area contributed by atoms with Crippen molar-refractivity contribution in [3.05, 3.63) is 59.7 Å². The van der Waals surface area contributed by atoms with Gasteiger partial charge in [0.05, 0.1) is 16.9 Å². The van der Waals surface area contributed by atoms with Crippen molar-refractivity contribution in [3.8, 4) is 11.8 Å². The van der Waals surface area contributed by atoms with Crippen molar-refractivity contribution in [2.24, 2.45) is 4.99 Å². The van der Waals surface area contributed by atoms with E-state index in [0.717, 1.165) is 11.3 Å². The van der Waals surface area contributed by atoms with Crippen LogP contribution >= 0.6 is 0 Å². The lowest BCUT2D eigenvalue weighted by atomic mass is 10.1.